The molecule has 0 atom stereocenters. The number of anilines is 1. The summed E-state index contributed by atoms with van der Waals surface area (Å²) in [6.07, 6.45) is 0. The van der Waals surface area contributed by atoms with Crippen LogP contribution in [0.4, 0.5) is 17.1 Å². The molecule has 14 nitrogen and oxygen atoms in total. The van der Waals surface area contributed by atoms with E-state index in [0.29, 0.717) is 22.8 Å². The zero-order valence-corrected chi connectivity index (χ0v) is 20.3. The molecule has 2 amide bonds. The van der Waals surface area contributed by atoms with Crippen molar-refractivity contribution in [2.24, 2.45) is 5.10 Å². The Morgan fingerprint density at radius 2 is 1.47 bits per heavy atom. The predicted octanol–water partition coefficient (Wildman–Crippen LogP) is 3.79. The van der Waals surface area contributed by atoms with Gasteiger partial charge >= 0.3 is 17.5 Å². The minimum atomic E-state index is -1.03. The van der Waals surface area contributed by atoms with Gasteiger partial charge in [0, 0.05) is 12.1 Å². The van der Waals surface area contributed by atoms with Gasteiger partial charge in [0.2, 0.25) is 5.75 Å². The molecule has 0 heterocycles. The van der Waals surface area contributed by atoms with E-state index in [0.717, 1.165) is 18.2 Å². The van der Waals surface area contributed by atoms with Crippen molar-refractivity contribution in [2.45, 2.75) is 6.92 Å². The van der Waals surface area contributed by atoms with Crippen molar-refractivity contribution in [3.63, 3.8) is 0 Å². The van der Waals surface area contributed by atoms with E-state index in [2.05, 4.69) is 15.8 Å². The highest BCUT2D eigenvalue weighted by atomic mass is 16.6. The molecule has 0 unspecified atom stereocenters. The number of hydrogen-bond donors (Lipinski definition) is 2. The number of nitro groups is 2. The van der Waals surface area contributed by atoms with Crippen molar-refractivity contribution >= 4 is 34.6 Å². The number of nitrogens with one attached hydrogen (secondary N) is 2. The van der Waals surface area contributed by atoms with E-state index in [1.165, 1.54) is 32.4 Å². The first-order chi connectivity index (χ1) is 18.1. The molecule has 2 N–H and O–H groups in total. The number of methoxy groups -OCH3 is 2. The third-order valence-corrected chi connectivity index (χ3v) is 5.04. The van der Waals surface area contributed by atoms with Crippen LogP contribution in [0.1, 0.15) is 12.5 Å². The minimum absolute atomic E-state index is 0.176. The van der Waals surface area contributed by atoms with Gasteiger partial charge in [-0.15, -0.1) is 0 Å². The Balaban J connectivity index is 1.66. The Labute approximate surface area is 215 Å². The maximum atomic E-state index is 12.3. The van der Waals surface area contributed by atoms with Gasteiger partial charge in [0.1, 0.15) is 17.2 Å². The van der Waals surface area contributed by atoms with Gasteiger partial charge in [0.15, 0.2) is 0 Å². The predicted molar refractivity (Wildman–Crippen MR) is 135 cm³/mol. The van der Waals surface area contributed by atoms with Gasteiger partial charge in [0.25, 0.3) is 5.69 Å². The lowest BCUT2D eigenvalue weighted by molar-refractivity contribution is -0.394. The van der Waals surface area contributed by atoms with Crippen LogP contribution in [0.5, 0.6) is 23.0 Å². The maximum Gasteiger partial charge on any atom is 0.329 e. The summed E-state index contributed by atoms with van der Waals surface area (Å²) in [7, 11) is 2.87. The van der Waals surface area contributed by atoms with Gasteiger partial charge in [-0.05, 0) is 55.0 Å². The van der Waals surface area contributed by atoms with Crippen LogP contribution in [0, 0.1) is 20.2 Å². The Kier molecular flexibility index (Phi) is 8.50. The first kappa shape index (κ1) is 27.1. The average Bonchev–Trinajstić information content (AvgIpc) is 2.91. The molecule has 0 aromatic heterocycles. The zero-order valence-electron chi connectivity index (χ0n) is 20.3. The van der Waals surface area contributed by atoms with Crippen molar-refractivity contribution < 1.29 is 33.6 Å². The summed E-state index contributed by atoms with van der Waals surface area (Å²) in [5, 5.41) is 28.5. The smallest absolute Gasteiger partial charge is 0.329 e. The second-order valence-corrected chi connectivity index (χ2v) is 7.45. The molecular weight excluding hydrogens is 502 g/mol. The number of hydrogen-bond acceptors (Lipinski definition) is 10. The fourth-order valence-electron chi connectivity index (χ4n) is 3.08. The highest BCUT2D eigenvalue weighted by Crippen LogP contribution is 2.34. The number of ether oxygens (including phenoxy) is 3. The summed E-state index contributed by atoms with van der Waals surface area (Å²) in [6.45, 7) is 1.58. The molecule has 14 heteroatoms. The number of non-ortho nitro benzene ring substituents is 1. The second kappa shape index (κ2) is 11.9. The SMILES string of the molecule is COc1ccc(OC)c(NC(=O)C(=O)N/N=C(\C)c2ccc(Oc3ccc([N+](=O)[O-])cc3[N+](=O)[O-])cc2)c1. The summed E-state index contributed by atoms with van der Waals surface area (Å²) in [6, 6.07) is 13.9. The van der Waals surface area contributed by atoms with Gasteiger partial charge in [0.05, 0.1) is 41.5 Å². The summed E-state index contributed by atoms with van der Waals surface area (Å²) in [4.78, 5) is 45.2. The van der Waals surface area contributed by atoms with Crippen LogP contribution in [-0.4, -0.2) is 41.6 Å². The van der Waals surface area contributed by atoms with E-state index in [1.54, 1.807) is 31.2 Å². The second-order valence-electron chi connectivity index (χ2n) is 7.45. The Morgan fingerprint density at radius 1 is 0.816 bits per heavy atom. The van der Waals surface area contributed by atoms with Crippen LogP contribution in [0.2, 0.25) is 0 Å². The molecule has 0 aliphatic carbocycles. The van der Waals surface area contributed by atoms with E-state index in [4.69, 9.17) is 14.2 Å². The van der Waals surface area contributed by atoms with Crippen molar-refractivity contribution in [3.05, 3.63) is 86.5 Å². The van der Waals surface area contributed by atoms with Crippen molar-refractivity contribution in [3.8, 4) is 23.0 Å². The molecule has 0 bridgehead atoms. The first-order valence-corrected chi connectivity index (χ1v) is 10.7. The lowest BCUT2D eigenvalue weighted by Gasteiger charge is -2.11. The Hall–Kier alpha value is -5.53. The van der Waals surface area contributed by atoms with E-state index in [1.807, 2.05) is 0 Å². The molecule has 0 fully saturated rings. The van der Waals surface area contributed by atoms with E-state index < -0.39 is 33.0 Å². The molecule has 3 aromatic rings. The fraction of sp³-hybridized carbons (Fsp3) is 0.125. The summed E-state index contributed by atoms with van der Waals surface area (Å²) in [5.41, 5.74) is 2.28. The lowest BCUT2D eigenvalue weighted by atomic mass is 10.1. The Morgan fingerprint density at radius 3 is 2.08 bits per heavy atom. The number of hydrazone groups is 1. The third kappa shape index (κ3) is 6.57. The maximum absolute atomic E-state index is 12.3. The molecule has 38 heavy (non-hydrogen) atoms. The van der Waals surface area contributed by atoms with Crippen LogP contribution >= 0.6 is 0 Å². The molecule has 3 rings (SSSR count). The molecular formula is C24H21N5O9. The van der Waals surface area contributed by atoms with Crippen molar-refractivity contribution in [2.75, 3.05) is 19.5 Å². The van der Waals surface area contributed by atoms with Crippen molar-refractivity contribution in [1.82, 2.24) is 5.43 Å². The zero-order chi connectivity index (χ0) is 27.8. The first-order valence-electron chi connectivity index (χ1n) is 10.7. The molecule has 196 valence electrons. The van der Waals surface area contributed by atoms with Crippen LogP contribution in [0.3, 0.4) is 0 Å². The number of nitro benzene ring substituents is 2. The van der Waals surface area contributed by atoms with E-state index >= 15 is 0 Å². The van der Waals surface area contributed by atoms with Crippen LogP contribution in [0.25, 0.3) is 0 Å². The molecule has 0 saturated carbocycles. The number of benzene rings is 3. The summed E-state index contributed by atoms with van der Waals surface area (Å²) >= 11 is 0. The molecule has 0 aliphatic rings. The van der Waals surface area contributed by atoms with E-state index in [-0.39, 0.29) is 17.2 Å². The van der Waals surface area contributed by atoms with Gasteiger partial charge in [-0.1, -0.05) is 0 Å². The molecule has 3 aromatic carbocycles. The fourth-order valence-corrected chi connectivity index (χ4v) is 3.08. The number of carbonyl (C=O) groups is 2. The van der Waals surface area contributed by atoms with E-state index in [9.17, 15) is 29.8 Å². The van der Waals surface area contributed by atoms with Gasteiger partial charge < -0.3 is 19.5 Å². The normalized spacial score (nSPS) is 10.8. The number of amides is 2. The van der Waals surface area contributed by atoms with Gasteiger partial charge in [-0.2, -0.15) is 5.10 Å². The minimum Gasteiger partial charge on any atom is -0.497 e. The molecule has 0 radical (unpaired) electrons. The third-order valence-electron chi connectivity index (χ3n) is 5.04. The number of nitrogens with zero attached hydrogens (tertiary/aromatic N) is 3. The molecule has 0 saturated heterocycles. The van der Waals surface area contributed by atoms with Gasteiger partial charge in [-0.3, -0.25) is 29.8 Å². The lowest BCUT2D eigenvalue weighted by Crippen LogP contribution is -2.33. The van der Waals surface area contributed by atoms with Gasteiger partial charge in [-0.25, -0.2) is 5.43 Å². The van der Waals surface area contributed by atoms with Crippen LogP contribution in [0.15, 0.2) is 65.8 Å². The topological polar surface area (TPSA) is 185 Å². The highest BCUT2D eigenvalue weighted by Gasteiger charge is 2.21. The molecule has 0 aliphatic heterocycles. The highest BCUT2D eigenvalue weighted by molar-refractivity contribution is 6.39. The quantitative estimate of drug-likeness (QED) is 0.182. The standard InChI is InChI=1S/C24H21N5O9/c1-14(26-27-24(31)23(30)25-19-13-18(36-2)9-11-21(19)37-3)15-4-7-17(8-5-15)38-22-10-6-16(28(32)33)12-20(22)29(34)35/h4-13H,1-3H3,(H,25,30)(H,27,31)/b26-14+. The van der Waals surface area contributed by atoms with Crippen LogP contribution in [-0.2, 0) is 9.59 Å². The number of rotatable bonds is 9. The largest absolute Gasteiger partial charge is 0.497 e. The number of carbonyl (C=O) groups excluding carboxylic acids is 2. The monoisotopic (exact) mass is 523 g/mol. The van der Waals surface area contributed by atoms with Crippen molar-refractivity contribution in [1.29, 1.82) is 0 Å². The average molecular weight is 523 g/mol. The van der Waals surface area contributed by atoms with Crippen LogP contribution < -0.4 is 25.0 Å². The summed E-state index contributed by atoms with van der Waals surface area (Å²) in [5.74, 6) is -1.20. The Bertz CT molecular complexity index is 1420. The molecule has 0 spiro atoms. The summed E-state index contributed by atoms with van der Waals surface area (Å²) < 4.78 is 15.8.